The molecule has 0 unspecified atom stereocenters. The van der Waals surface area contributed by atoms with E-state index in [4.69, 9.17) is 10.8 Å². The Bertz CT molecular complexity index is 135. The molecule has 0 saturated carbocycles. The number of rotatable bonds is 2. The number of hydrogen-bond donors (Lipinski definition) is 2. The highest BCUT2D eigenvalue weighted by Crippen LogP contribution is 1.73. The SMILES string of the molecule is C=NC(=N)/C=C\C=N. The molecule has 3 heteroatoms. The number of aliphatic imine (C=N–C) groups is 1. The third-order valence-electron chi connectivity index (χ3n) is 0.521. The van der Waals surface area contributed by atoms with E-state index in [0.717, 1.165) is 6.21 Å². The molecule has 0 aliphatic carbocycles. The lowest BCUT2D eigenvalue weighted by atomic mass is 10.5. The van der Waals surface area contributed by atoms with E-state index in [1.165, 1.54) is 12.2 Å². The fourth-order valence-corrected chi connectivity index (χ4v) is 0.192. The fourth-order valence-electron chi connectivity index (χ4n) is 0.192. The first-order chi connectivity index (χ1) is 3.81. The summed E-state index contributed by atoms with van der Waals surface area (Å²) in [6.07, 6.45) is 3.89. The summed E-state index contributed by atoms with van der Waals surface area (Å²) in [5.41, 5.74) is 0. The summed E-state index contributed by atoms with van der Waals surface area (Å²) in [4.78, 5) is 3.27. The summed E-state index contributed by atoms with van der Waals surface area (Å²) < 4.78 is 0. The van der Waals surface area contributed by atoms with Crippen molar-refractivity contribution in [2.24, 2.45) is 4.99 Å². The molecule has 0 aromatic carbocycles. The van der Waals surface area contributed by atoms with Crippen molar-refractivity contribution in [2.45, 2.75) is 0 Å². The van der Waals surface area contributed by atoms with E-state index < -0.39 is 0 Å². The minimum atomic E-state index is 0.0773. The van der Waals surface area contributed by atoms with Gasteiger partial charge in [-0.1, -0.05) is 0 Å². The first-order valence-electron chi connectivity index (χ1n) is 2.03. The van der Waals surface area contributed by atoms with Crippen LogP contribution in [0.2, 0.25) is 0 Å². The average Bonchev–Trinajstić information content (AvgIpc) is 1.83. The number of nitrogens with one attached hydrogen (secondary N) is 2. The second kappa shape index (κ2) is 3.92. The van der Waals surface area contributed by atoms with E-state index in [1.807, 2.05) is 0 Å². The zero-order valence-corrected chi connectivity index (χ0v) is 4.39. The first-order valence-corrected chi connectivity index (χ1v) is 2.03. The molecule has 0 amide bonds. The van der Waals surface area contributed by atoms with Gasteiger partial charge in [-0.2, -0.15) is 0 Å². The van der Waals surface area contributed by atoms with Crippen molar-refractivity contribution in [3.63, 3.8) is 0 Å². The van der Waals surface area contributed by atoms with Crippen LogP contribution >= 0.6 is 0 Å². The summed E-state index contributed by atoms with van der Waals surface area (Å²) in [6.45, 7) is 3.11. The van der Waals surface area contributed by atoms with Gasteiger partial charge in [-0.15, -0.1) is 0 Å². The van der Waals surface area contributed by atoms with Gasteiger partial charge in [-0.05, 0) is 18.9 Å². The molecule has 0 fully saturated rings. The third-order valence-corrected chi connectivity index (χ3v) is 0.521. The Morgan fingerprint density at radius 1 is 1.62 bits per heavy atom. The van der Waals surface area contributed by atoms with Gasteiger partial charge in [-0.25, -0.2) is 4.99 Å². The Morgan fingerprint density at radius 3 is 2.62 bits per heavy atom. The van der Waals surface area contributed by atoms with Gasteiger partial charge >= 0.3 is 0 Å². The van der Waals surface area contributed by atoms with Crippen LogP contribution in [-0.2, 0) is 0 Å². The molecule has 0 aliphatic heterocycles. The third kappa shape index (κ3) is 2.96. The molecule has 0 aliphatic rings. The Morgan fingerprint density at radius 2 is 2.25 bits per heavy atom. The van der Waals surface area contributed by atoms with E-state index >= 15 is 0 Å². The Labute approximate surface area is 47.8 Å². The molecular formula is C5H7N3. The van der Waals surface area contributed by atoms with Crippen LogP contribution in [0.1, 0.15) is 0 Å². The van der Waals surface area contributed by atoms with Crippen molar-refractivity contribution in [2.75, 3.05) is 0 Å². The maximum Gasteiger partial charge on any atom is 0.143 e. The molecule has 0 rings (SSSR count). The van der Waals surface area contributed by atoms with Gasteiger partial charge in [-0.3, -0.25) is 5.41 Å². The van der Waals surface area contributed by atoms with Crippen molar-refractivity contribution in [3.8, 4) is 0 Å². The second-order valence-electron chi connectivity index (χ2n) is 1.07. The molecule has 0 atom stereocenters. The van der Waals surface area contributed by atoms with Gasteiger partial charge < -0.3 is 5.41 Å². The molecular weight excluding hydrogens is 102 g/mol. The molecule has 3 nitrogen and oxygen atoms in total. The minimum Gasteiger partial charge on any atom is -0.309 e. The van der Waals surface area contributed by atoms with Gasteiger partial charge in [0.15, 0.2) is 0 Å². The summed E-state index contributed by atoms with van der Waals surface area (Å²) in [6, 6.07) is 0. The smallest absolute Gasteiger partial charge is 0.143 e. The van der Waals surface area contributed by atoms with E-state index in [9.17, 15) is 0 Å². The lowest BCUT2D eigenvalue weighted by molar-refractivity contribution is 1.47. The van der Waals surface area contributed by atoms with Crippen LogP contribution in [0.4, 0.5) is 0 Å². The van der Waals surface area contributed by atoms with Crippen molar-refractivity contribution in [1.82, 2.24) is 0 Å². The predicted octanol–water partition coefficient (Wildman–Crippen LogP) is 0.870. The number of amidine groups is 1. The van der Waals surface area contributed by atoms with Crippen LogP contribution in [0, 0.1) is 10.8 Å². The monoisotopic (exact) mass is 109 g/mol. The summed E-state index contributed by atoms with van der Waals surface area (Å²) in [5, 5.41) is 13.3. The lowest BCUT2D eigenvalue weighted by Crippen LogP contribution is -1.80. The Kier molecular flexibility index (Phi) is 3.31. The van der Waals surface area contributed by atoms with Crippen LogP contribution in [0.5, 0.6) is 0 Å². The van der Waals surface area contributed by atoms with Crippen LogP contribution in [0.15, 0.2) is 17.1 Å². The molecule has 0 aromatic heterocycles. The molecule has 0 saturated heterocycles. The second-order valence-corrected chi connectivity index (χ2v) is 1.07. The predicted molar refractivity (Wildman–Crippen MR) is 35.2 cm³/mol. The lowest BCUT2D eigenvalue weighted by Gasteiger charge is -1.77. The number of nitrogens with zero attached hydrogens (tertiary/aromatic N) is 1. The molecule has 0 radical (unpaired) electrons. The normalized spacial score (nSPS) is 9.00. The summed E-state index contributed by atoms with van der Waals surface area (Å²) in [5.74, 6) is 0.0773. The maximum atomic E-state index is 6.82. The average molecular weight is 109 g/mol. The van der Waals surface area contributed by atoms with Crippen LogP contribution in [-0.4, -0.2) is 18.8 Å². The molecule has 42 valence electrons. The van der Waals surface area contributed by atoms with E-state index in [2.05, 4.69) is 11.7 Å². The van der Waals surface area contributed by atoms with Gasteiger partial charge in [0, 0.05) is 6.21 Å². The van der Waals surface area contributed by atoms with Gasteiger partial charge in [0.25, 0.3) is 0 Å². The zero-order chi connectivity index (χ0) is 6.41. The number of hydrogen-bond acceptors (Lipinski definition) is 2. The van der Waals surface area contributed by atoms with E-state index in [-0.39, 0.29) is 5.84 Å². The molecule has 0 heterocycles. The fraction of sp³-hybridized carbons (Fsp3) is 0. The van der Waals surface area contributed by atoms with Crippen molar-refractivity contribution >= 4 is 18.8 Å². The van der Waals surface area contributed by atoms with Crippen LogP contribution in [0.25, 0.3) is 0 Å². The zero-order valence-electron chi connectivity index (χ0n) is 4.39. The standard InChI is InChI=1S/C5H7N3/c1-8-5(7)3-2-4-6/h2-4,6-7H,1H2/b3-2-,6-4?,7-5?. The molecule has 2 N–H and O–H groups in total. The molecule has 8 heavy (non-hydrogen) atoms. The summed E-state index contributed by atoms with van der Waals surface area (Å²) >= 11 is 0. The highest BCUT2D eigenvalue weighted by atomic mass is 14.8. The van der Waals surface area contributed by atoms with Crippen LogP contribution < -0.4 is 0 Å². The Hall–Kier alpha value is -1.25. The molecule has 0 aromatic rings. The largest absolute Gasteiger partial charge is 0.309 e. The quantitative estimate of drug-likeness (QED) is 0.390. The Balaban J connectivity index is 3.69. The van der Waals surface area contributed by atoms with Crippen molar-refractivity contribution < 1.29 is 0 Å². The minimum absolute atomic E-state index is 0.0773. The highest BCUT2D eigenvalue weighted by Gasteiger charge is 1.75. The highest BCUT2D eigenvalue weighted by molar-refractivity contribution is 5.95. The van der Waals surface area contributed by atoms with Crippen molar-refractivity contribution in [3.05, 3.63) is 12.2 Å². The van der Waals surface area contributed by atoms with E-state index in [0.29, 0.717) is 0 Å². The molecule has 0 bridgehead atoms. The maximum absolute atomic E-state index is 6.82. The topological polar surface area (TPSA) is 60.1 Å². The number of allylic oxidation sites excluding steroid dienone is 1. The van der Waals surface area contributed by atoms with Crippen LogP contribution in [0.3, 0.4) is 0 Å². The first kappa shape index (κ1) is 6.75. The molecule has 0 spiro atoms. The van der Waals surface area contributed by atoms with E-state index in [1.54, 1.807) is 0 Å². The van der Waals surface area contributed by atoms with Crippen molar-refractivity contribution in [1.29, 1.82) is 10.8 Å². The van der Waals surface area contributed by atoms with Gasteiger partial charge in [0.1, 0.15) is 5.84 Å². The van der Waals surface area contributed by atoms with Gasteiger partial charge in [0.2, 0.25) is 0 Å². The van der Waals surface area contributed by atoms with Gasteiger partial charge in [0.05, 0.1) is 0 Å². The summed E-state index contributed by atoms with van der Waals surface area (Å²) in [7, 11) is 0.